The Balaban J connectivity index is 3.78. The van der Waals surface area contributed by atoms with Crippen LogP contribution in [0.1, 0.15) is 13.8 Å². The number of hydrogen-bond acceptors (Lipinski definition) is 2. The third-order valence-corrected chi connectivity index (χ3v) is 1.04. The molecule has 54 valence electrons. The Bertz CT molecular complexity index is 110. The normalized spacial score (nSPS) is 12.4. The standard InChI is InChI=1S/C6H13FN2/c1-4-9-6(7)5(2)8-3/h8-9H,4H2,1-3H3/b6-5-. The summed E-state index contributed by atoms with van der Waals surface area (Å²) in [6, 6.07) is 0. The zero-order valence-corrected chi connectivity index (χ0v) is 6.09. The van der Waals surface area contributed by atoms with E-state index in [0.29, 0.717) is 12.2 Å². The van der Waals surface area contributed by atoms with Crippen LogP contribution in [0.15, 0.2) is 11.6 Å². The molecule has 0 spiro atoms. The van der Waals surface area contributed by atoms with Gasteiger partial charge in [-0.05, 0) is 13.8 Å². The molecule has 0 radical (unpaired) electrons. The van der Waals surface area contributed by atoms with Crippen LogP contribution >= 0.6 is 0 Å². The van der Waals surface area contributed by atoms with Crippen LogP contribution in [0.3, 0.4) is 0 Å². The SMILES string of the molecule is CCN/C(F)=C(/C)NC. The second-order valence-electron chi connectivity index (χ2n) is 1.72. The molecular formula is C6H13FN2. The fourth-order valence-electron chi connectivity index (χ4n) is 0.398. The lowest BCUT2D eigenvalue weighted by Gasteiger charge is -2.02. The zero-order valence-electron chi connectivity index (χ0n) is 6.09. The van der Waals surface area contributed by atoms with E-state index in [1.807, 2.05) is 6.92 Å². The van der Waals surface area contributed by atoms with Gasteiger partial charge >= 0.3 is 0 Å². The minimum absolute atomic E-state index is 0.278. The smallest absolute Gasteiger partial charge is 0.205 e. The molecule has 0 unspecified atom stereocenters. The minimum atomic E-state index is -0.278. The van der Waals surface area contributed by atoms with E-state index >= 15 is 0 Å². The van der Waals surface area contributed by atoms with Gasteiger partial charge in [0.25, 0.3) is 0 Å². The average molecular weight is 132 g/mol. The van der Waals surface area contributed by atoms with E-state index in [4.69, 9.17) is 0 Å². The van der Waals surface area contributed by atoms with Gasteiger partial charge in [0.15, 0.2) is 0 Å². The second kappa shape index (κ2) is 4.18. The van der Waals surface area contributed by atoms with Crippen molar-refractivity contribution in [1.82, 2.24) is 10.6 Å². The molecular weight excluding hydrogens is 119 g/mol. The molecule has 2 N–H and O–H groups in total. The largest absolute Gasteiger partial charge is 0.388 e. The molecule has 0 aliphatic carbocycles. The second-order valence-corrected chi connectivity index (χ2v) is 1.72. The highest BCUT2D eigenvalue weighted by Crippen LogP contribution is 1.95. The van der Waals surface area contributed by atoms with Crippen molar-refractivity contribution >= 4 is 0 Å². The molecule has 0 rings (SSSR count). The first kappa shape index (κ1) is 8.27. The van der Waals surface area contributed by atoms with E-state index in [1.165, 1.54) is 0 Å². The van der Waals surface area contributed by atoms with Crippen molar-refractivity contribution in [2.75, 3.05) is 13.6 Å². The molecule has 0 amide bonds. The van der Waals surface area contributed by atoms with Gasteiger partial charge in [-0.3, -0.25) is 0 Å². The van der Waals surface area contributed by atoms with E-state index < -0.39 is 0 Å². The molecule has 0 saturated heterocycles. The molecule has 0 heterocycles. The highest BCUT2D eigenvalue weighted by atomic mass is 19.1. The minimum Gasteiger partial charge on any atom is -0.388 e. The van der Waals surface area contributed by atoms with Gasteiger partial charge in [0, 0.05) is 13.6 Å². The molecule has 0 atom stereocenters. The summed E-state index contributed by atoms with van der Waals surface area (Å²) in [6.45, 7) is 4.14. The Hall–Kier alpha value is -0.730. The van der Waals surface area contributed by atoms with E-state index in [9.17, 15) is 4.39 Å². The van der Waals surface area contributed by atoms with Crippen molar-refractivity contribution in [2.24, 2.45) is 0 Å². The lowest BCUT2D eigenvalue weighted by atomic mass is 10.5. The van der Waals surface area contributed by atoms with Crippen LogP contribution in [0.4, 0.5) is 4.39 Å². The highest BCUT2D eigenvalue weighted by Gasteiger charge is 1.94. The number of hydrogen-bond donors (Lipinski definition) is 2. The molecule has 3 heteroatoms. The first-order chi connectivity index (χ1) is 4.22. The van der Waals surface area contributed by atoms with Crippen LogP contribution in [0, 0.1) is 0 Å². The van der Waals surface area contributed by atoms with Gasteiger partial charge in [0.1, 0.15) is 0 Å². The summed E-state index contributed by atoms with van der Waals surface area (Å²) in [5, 5.41) is 5.24. The van der Waals surface area contributed by atoms with Gasteiger partial charge in [0.2, 0.25) is 5.95 Å². The molecule has 0 aliphatic rings. The summed E-state index contributed by atoms with van der Waals surface area (Å²) < 4.78 is 12.5. The molecule has 0 aliphatic heterocycles. The summed E-state index contributed by atoms with van der Waals surface area (Å²) in [5.74, 6) is -0.278. The van der Waals surface area contributed by atoms with Crippen LogP contribution in [0.2, 0.25) is 0 Å². The van der Waals surface area contributed by atoms with Crippen LogP contribution in [-0.4, -0.2) is 13.6 Å². The Morgan fingerprint density at radius 3 is 2.44 bits per heavy atom. The Labute approximate surface area is 55.1 Å². The molecule has 0 aromatic carbocycles. The number of allylic oxidation sites excluding steroid dienone is 1. The van der Waals surface area contributed by atoms with Gasteiger partial charge in [-0.1, -0.05) is 0 Å². The first-order valence-corrected chi connectivity index (χ1v) is 3.00. The molecule has 0 aromatic heterocycles. The van der Waals surface area contributed by atoms with Crippen LogP contribution < -0.4 is 10.6 Å². The van der Waals surface area contributed by atoms with Crippen LogP contribution in [0.5, 0.6) is 0 Å². The van der Waals surface area contributed by atoms with E-state index in [-0.39, 0.29) is 5.95 Å². The first-order valence-electron chi connectivity index (χ1n) is 3.00. The summed E-state index contributed by atoms with van der Waals surface area (Å²) in [6.07, 6.45) is 0. The van der Waals surface area contributed by atoms with Gasteiger partial charge in [-0.15, -0.1) is 0 Å². The van der Waals surface area contributed by atoms with E-state index in [0.717, 1.165) is 0 Å². The number of nitrogens with one attached hydrogen (secondary N) is 2. The van der Waals surface area contributed by atoms with E-state index in [1.54, 1.807) is 14.0 Å². The fourth-order valence-corrected chi connectivity index (χ4v) is 0.398. The Kier molecular flexibility index (Phi) is 3.84. The Morgan fingerprint density at radius 2 is 2.11 bits per heavy atom. The third kappa shape index (κ3) is 2.95. The summed E-state index contributed by atoms with van der Waals surface area (Å²) >= 11 is 0. The Morgan fingerprint density at radius 1 is 1.56 bits per heavy atom. The molecule has 0 saturated carbocycles. The van der Waals surface area contributed by atoms with Crippen molar-refractivity contribution in [2.45, 2.75) is 13.8 Å². The van der Waals surface area contributed by atoms with Gasteiger partial charge in [0.05, 0.1) is 5.70 Å². The molecule has 0 bridgehead atoms. The molecule has 0 aromatic rings. The van der Waals surface area contributed by atoms with Gasteiger partial charge in [-0.25, -0.2) is 0 Å². The van der Waals surface area contributed by atoms with Crippen LogP contribution in [0.25, 0.3) is 0 Å². The highest BCUT2D eigenvalue weighted by molar-refractivity contribution is 4.99. The number of rotatable bonds is 3. The van der Waals surface area contributed by atoms with Gasteiger partial charge < -0.3 is 10.6 Å². The topological polar surface area (TPSA) is 24.1 Å². The average Bonchev–Trinajstić information content (AvgIpc) is 1.87. The zero-order chi connectivity index (χ0) is 7.28. The summed E-state index contributed by atoms with van der Waals surface area (Å²) in [5.41, 5.74) is 0.539. The predicted molar refractivity (Wildman–Crippen MR) is 36.5 cm³/mol. The van der Waals surface area contributed by atoms with Crippen molar-refractivity contribution in [3.63, 3.8) is 0 Å². The van der Waals surface area contributed by atoms with Crippen molar-refractivity contribution in [3.05, 3.63) is 11.6 Å². The predicted octanol–water partition coefficient (Wildman–Crippen LogP) is 0.974. The maximum atomic E-state index is 12.5. The van der Waals surface area contributed by atoms with E-state index in [2.05, 4.69) is 10.6 Å². The monoisotopic (exact) mass is 132 g/mol. The molecule has 2 nitrogen and oxygen atoms in total. The number of halogens is 1. The maximum absolute atomic E-state index is 12.5. The van der Waals surface area contributed by atoms with Crippen molar-refractivity contribution in [1.29, 1.82) is 0 Å². The van der Waals surface area contributed by atoms with Crippen LogP contribution in [-0.2, 0) is 0 Å². The summed E-state index contributed by atoms with van der Waals surface area (Å²) in [4.78, 5) is 0. The third-order valence-electron chi connectivity index (χ3n) is 1.04. The quantitative estimate of drug-likeness (QED) is 0.559. The fraction of sp³-hybridized carbons (Fsp3) is 0.667. The lowest BCUT2D eigenvalue weighted by molar-refractivity contribution is 0.532. The van der Waals surface area contributed by atoms with Gasteiger partial charge in [-0.2, -0.15) is 4.39 Å². The molecule has 0 fully saturated rings. The van der Waals surface area contributed by atoms with Crippen molar-refractivity contribution in [3.8, 4) is 0 Å². The maximum Gasteiger partial charge on any atom is 0.205 e. The molecule has 9 heavy (non-hydrogen) atoms. The lowest BCUT2D eigenvalue weighted by Crippen LogP contribution is -2.15. The van der Waals surface area contributed by atoms with Crippen molar-refractivity contribution < 1.29 is 4.39 Å². The summed E-state index contributed by atoms with van der Waals surface area (Å²) in [7, 11) is 1.69.